The predicted octanol–water partition coefficient (Wildman–Crippen LogP) is 11.9. The molecule has 0 bridgehead atoms. The second-order valence-electron chi connectivity index (χ2n) is 14.7. The van der Waals surface area contributed by atoms with Gasteiger partial charge in [0, 0.05) is 38.5 Å². The van der Waals surface area contributed by atoms with Crippen LogP contribution in [0.25, 0.3) is 82.8 Å². The molecule has 8 aromatic carbocycles. The molecule has 3 aromatic heterocycles. The van der Waals surface area contributed by atoms with Gasteiger partial charge in [0.05, 0.1) is 38.8 Å². The summed E-state index contributed by atoms with van der Waals surface area (Å²) >= 11 is 0. The van der Waals surface area contributed by atoms with Gasteiger partial charge in [0.1, 0.15) is 11.2 Å². The highest BCUT2D eigenvalue weighted by atomic mass is 15.1. The maximum atomic E-state index is 5.49. The van der Waals surface area contributed by atoms with Crippen LogP contribution in [-0.4, -0.2) is 18.7 Å². The third kappa shape index (κ3) is 3.29. The zero-order valence-electron chi connectivity index (χ0n) is 29.1. The highest BCUT2D eigenvalue weighted by molar-refractivity contribution is 6.26. The Morgan fingerprint density at radius 2 is 1.02 bits per heavy atom. The Morgan fingerprint density at radius 1 is 0.389 bits per heavy atom. The third-order valence-electron chi connectivity index (χ3n) is 12.2. The minimum atomic E-state index is -0.574. The Labute approximate surface area is 310 Å². The first-order chi connectivity index (χ1) is 26.8. The summed E-state index contributed by atoms with van der Waals surface area (Å²) in [5, 5.41) is 5.00. The number of nitrogens with zero attached hydrogens (tertiary/aromatic N) is 4. The van der Waals surface area contributed by atoms with E-state index in [1.54, 1.807) is 0 Å². The maximum Gasteiger partial charge on any atom is 0.134 e. The van der Waals surface area contributed by atoms with Crippen LogP contribution in [0.2, 0.25) is 0 Å². The van der Waals surface area contributed by atoms with Gasteiger partial charge in [-0.25, -0.2) is 4.98 Å². The standard InChI is InChI=1S/C50H30N4/c1-2-14-31(15-3-1)52-43-24-12-7-19-37(43)47-46(52)29-27-36-35-18-6-11-23-42(35)53(48(36)47)32-26-28-44-40(30-32)50(49-51-41-22-10-13-25-45(41)54(44)49)38-20-8-4-16-33(38)34-17-5-9-21-39(34)50/h1-30H. The van der Waals surface area contributed by atoms with E-state index in [4.69, 9.17) is 4.98 Å². The second kappa shape index (κ2) is 10.0. The summed E-state index contributed by atoms with van der Waals surface area (Å²) in [6, 6.07) is 66.8. The van der Waals surface area contributed by atoms with E-state index in [-0.39, 0.29) is 0 Å². The molecule has 1 aliphatic carbocycles. The van der Waals surface area contributed by atoms with E-state index in [0.29, 0.717) is 0 Å². The normalized spacial score (nSPS) is 13.7. The van der Waals surface area contributed by atoms with Crippen molar-refractivity contribution in [2.45, 2.75) is 5.41 Å². The molecule has 11 aromatic rings. The van der Waals surface area contributed by atoms with Crippen LogP contribution in [0.15, 0.2) is 182 Å². The summed E-state index contributed by atoms with van der Waals surface area (Å²) in [5.41, 5.74) is 16.2. The molecule has 2 aliphatic rings. The van der Waals surface area contributed by atoms with Crippen molar-refractivity contribution in [3.63, 3.8) is 0 Å². The summed E-state index contributed by atoms with van der Waals surface area (Å²) in [4.78, 5) is 5.49. The van der Waals surface area contributed by atoms with Crippen molar-refractivity contribution in [1.29, 1.82) is 0 Å². The number of hydrogen-bond acceptors (Lipinski definition) is 1. The lowest BCUT2D eigenvalue weighted by Crippen LogP contribution is -2.27. The minimum absolute atomic E-state index is 0.574. The number of aromatic nitrogens is 4. The van der Waals surface area contributed by atoms with Gasteiger partial charge in [-0.3, -0.25) is 4.57 Å². The molecule has 1 aliphatic heterocycles. The van der Waals surface area contributed by atoms with Gasteiger partial charge in [-0.15, -0.1) is 0 Å². The molecule has 4 nitrogen and oxygen atoms in total. The monoisotopic (exact) mass is 686 g/mol. The Hall–Kier alpha value is -7.17. The number of hydrogen-bond donors (Lipinski definition) is 0. The van der Waals surface area contributed by atoms with Gasteiger partial charge in [-0.2, -0.15) is 0 Å². The lowest BCUT2D eigenvalue weighted by molar-refractivity contribution is 0.737. The molecular formula is C50H30N4. The van der Waals surface area contributed by atoms with Crippen LogP contribution in [0, 0.1) is 0 Å². The minimum Gasteiger partial charge on any atom is -0.309 e. The lowest BCUT2D eigenvalue weighted by Gasteiger charge is -2.27. The van der Waals surface area contributed by atoms with Crippen LogP contribution in [0.4, 0.5) is 0 Å². The number of imidazole rings is 1. The number of para-hydroxylation sites is 5. The molecule has 0 radical (unpaired) electrons. The van der Waals surface area contributed by atoms with Crippen LogP contribution >= 0.6 is 0 Å². The SMILES string of the molecule is c1ccc(-n2c3ccccc3c3c2ccc2c4ccccc4n(-c4ccc5c(c4)C4(c6ccccc6-c6ccccc64)c4nc6ccccc6n4-5)c23)cc1. The fraction of sp³-hybridized carbons (Fsp3) is 0.0200. The largest absolute Gasteiger partial charge is 0.309 e. The van der Waals surface area contributed by atoms with Crippen molar-refractivity contribution in [2.75, 3.05) is 0 Å². The molecule has 13 rings (SSSR count). The Balaban J connectivity index is 1.19. The molecule has 250 valence electrons. The van der Waals surface area contributed by atoms with Gasteiger partial charge >= 0.3 is 0 Å². The predicted molar refractivity (Wildman–Crippen MR) is 221 cm³/mol. The van der Waals surface area contributed by atoms with Gasteiger partial charge in [-0.05, 0) is 82.9 Å². The maximum absolute atomic E-state index is 5.49. The molecule has 0 fully saturated rings. The van der Waals surface area contributed by atoms with Crippen molar-refractivity contribution in [3.05, 3.63) is 205 Å². The smallest absolute Gasteiger partial charge is 0.134 e. The molecule has 0 saturated heterocycles. The van der Waals surface area contributed by atoms with E-state index < -0.39 is 5.41 Å². The van der Waals surface area contributed by atoms with Crippen molar-refractivity contribution in [1.82, 2.24) is 18.7 Å². The highest BCUT2D eigenvalue weighted by Crippen LogP contribution is 2.60. The summed E-state index contributed by atoms with van der Waals surface area (Å²) in [7, 11) is 0. The highest BCUT2D eigenvalue weighted by Gasteiger charge is 2.54. The lowest BCUT2D eigenvalue weighted by atomic mass is 9.73. The van der Waals surface area contributed by atoms with E-state index in [1.165, 1.54) is 77.1 Å². The second-order valence-corrected chi connectivity index (χ2v) is 14.7. The first-order valence-electron chi connectivity index (χ1n) is 18.7. The third-order valence-corrected chi connectivity index (χ3v) is 12.2. The molecule has 54 heavy (non-hydrogen) atoms. The molecule has 0 unspecified atom stereocenters. The fourth-order valence-corrected chi connectivity index (χ4v) is 10.2. The van der Waals surface area contributed by atoms with Crippen LogP contribution in [0.3, 0.4) is 0 Å². The molecule has 0 saturated carbocycles. The molecular weight excluding hydrogens is 657 g/mol. The van der Waals surface area contributed by atoms with Crippen molar-refractivity contribution < 1.29 is 0 Å². The van der Waals surface area contributed by atoms with Crippen LogP contribution in [-0.2, 0) is 5.41 Å². The van der Waals surface area contributed by atoms with Gasteiger partial charge in [0.15, 0.2) is 0 Å². The first-order valence-corrected chi connectivity index (χ1v) is 18.7. The van der Waals surface area contributed by atoms with E-state index >= 15 is 0 Å². The summed E-state index contributed by atoms with van der Waals surface area (Å²) in [5.74, 6) is 1.06. The van der Waals surface area contributed by atoms with E-state index in [2.05, 4.69) is 196 Å². The topological polar surface area (TPSA) is 27.7 Å². The van der Waals surface area contributed by atoms with Gasteiger partial charge in [0.2, 0.25) is 0 Å². The Kier molecular flexibility index (Phi) is 5.28. The van der Waals surface area contributed by atoms with Crippen molar-refractivity contribution >= 4 is 54.6 Å². The van der Waals surface area contributed by atoms with Crippen molar-refractivity contribution in [3.8, 4) is 28.2 Å². The average Bonchev–Trinajstić information content (AvgIpc) is 4.01. The molecule has 0 amide bonds. The number of fused-ring (bicyclic) bond motifs is 19. The average molecular weight is 687 g/mol. The Bertz CT molecular complexity index is 3350. The van der Waals surface area contributed by atoms with Crippen LogP contribution in [0.1, 0.15) is 22.5 Å². The number of rotatable bonds is 2. The zero-order valence-corrected chi connectivity index (χ0v) is 29.1. The van der Waals surface area contributed by atoms with Crippen molar-refractivity contribution in [2.24, 2.45) is 0 Å². The summed E-state index contributed by atoms with van der Waals surface area (Å²) in [6.45, 7) is 0. The first kappa shape index (κ1) is 28.4. The van der Waals surface area contributed by atoms with E-state index in [9.17, 15) is 0 Å². The fourth-order valence-electron chi connectivity index (χ4n) is 10.2. The van der Waals surface area contributed by atoms with E-state index in [1.807, 2.05) is 0 Å². The quantitative estimate of drug-likeness (QED) is 0.178. The molecule has 4 heteroatoms. The van der Waals surface area contributed by atoms with Gasteiger partial charge in [0.25, 0.3) is 0 Å². The summed E-state index contributed by atoms with van der Waals surface area (Å²) < 4.78 is 7.36. The van der Waals surface area contributed by atoms with Crippen LogP contribution in [0.5, 0.6) is 0 Å². The van der Waals surface area contributed by atoms with Gasteiger partial charge < -0.3 is 9.13 Å². The zero-order chi connectivity index (χ0) is 35.1. The molecule has 0 atom stereocenters. The molecule has 0 N–H and O–H groups in total. The Morgan fingerprint density at radius 3 is 1.80 bits per heavy atom. The van der Waals surface area contributed by atoms with Crippen LogP contribution < -0.4 is 0 Å². The molecule has 4 heterocycles. The summed E-state index contributed by atoms with van der Waals surface area (Å²) in [6.07, 6.45) is 0. The van der Waals surface area contributed by atoms with E-state index in [0.717, 1.165) is 28.2 Å². The molecule has 1 spiro atoms. The van der Waals surface area contributed by atoms with Gasteiger partial charge in [-0.1, -0.05) is 121 Å². The number of benzene rings is 8.